The second-order valence-electron chi connectivity index (χ2n) is 5.13. The average molecular weight is 391 g/mol. The van der Waals surface area contributed by atoms with Crippen molar-refractivity contribution in [2.24, 2.45) is 0 Å². The van der Waals surface area contributed by atoms with Crippen LogP contribution in [0.4, 0.5) is 0 Å². The Morgan fingerprint density at radius 2 is 2.00 bits per heavy atom. The fourth-order valence-electron chi connectivity index (χ4n) is 2.19. The van der Waals surface area contributed by atoms with Crippen molar-refractivity contribution in [1.82, 2.24) is 29.8 Å². The van der Waals surface area contributed by atoms with Gasteiger partial charge in [-0.2, -0.15) is 4.68 Å². The van der Waals surface area contributed by atoms with Gasteiger partial charge in [0, 0.05) is 22.9 Å². The van der Waals surface area contributed by atoms with Gasteiger partial charge in [0.15, 0.2) is 5.03 Å². The Hall–Kier alpha value is -2.00. The molecule has 1 aromatic carbocycles. The number of hydrogen-bond donors (Lipinski definition) is 0. The molecule has 3 aromatic rings. The van der Waals surface area contributed by atoms with Gasteiger partial charge in [0.25, 0.3) is 5.56 Å². The highest BCUT2D eigenvalue weighted by atomic mass is 79.9. The summed E-state index contributed by atoms with van der Waals surface area (Å²) in [6.07, 6.45) is 5.48. The molecule has 23 heavy (non-hydrogen) atoms. The molecule has 1 aliphatic carbocycles. The minimum absolute atomic E-state index is 0.0923. The maximum absolute atomic E-state index is 12.5. The Bertz CT molecular complexity index is 902. The number of rotatable bonds is 4. The van der Waals surface area contributed by atoms with Crippen LogP contribution in [0.3, 0.4) is 0 Å². The maximum Gasteiger partial charge on any atom is 0.283 e. The zero-order chi connectivity index (χ0) is 15.8. The zero-order valence-corrected chi connectivity index (χ0v) is 14.2. The van der Waals surface area contributed by atoms with Crippen molar-refractivity contribution in [3.05, 3.63) is 51.5 Å². The van der Waals surface area contributed by atoms with Gasteiger partial charge in [-0.05, 0) is 59.3 Å². The van der Waals surface area contributed by atoms with Gasteiger partial charge in [-0.1, -0.05) is 15.9 Å². The monoisotopic (exact) mass is 390 g/mol. The van der Waals surface area contributed by atoms with Gasteiger partial charge in [-0.3, -0.25) is 4.79 Å². The standard InChI is InChI=1S/C14H11BrN6OS/c15-9-1-3-11(4-2-9)21-14(17-18-19-21)23-12-13(22)20(8-7-16-12)10-5-6-10/h1-4,7-8,10H,5-6H2. The molecular weight excluding hydrogens is 380 g/mol. The average Bonchev–Trinajstić information content (AvgIpc) is 3.30. The molecule has 1 aliphatic rings. The molecule has 9 heteroatoms. The molecule has 0 bridgehead atoms. The summed E-state index contributed by atoms with van der Waals surface area (Å²) in [5.74, 6) is 0. The van der Waals surface area contributed by atoms with E-state index in [2.05, 4.69) is 36.4 Å². The van der Waals surface area contributed by atoms with Crippen LogP contribution in [0.2, 0.25) is 0 Å². The molecule has 0 radical (unpaired) electrons. The molecule has 0 aliphatic heterocycles. The number of hydrogen-bond acceptors (Lipinski definition) is 6. The predicted octanol–water partition coefficient (Wildman–Crippen LogP) is 2.47. The minimum Gasteiger partial charge on any atom is -0.309 e. The van der Waals surface area contributed by atoms with E-state index in [9.17, 15) is 4.79 Å². The third kappa shape index (κ3) is 2.93. The second-order valence-corrected chi connectivity index (χ2v) is 7.00. The fourth-order valence-corrected chi connectivity index (χ4v) is 3.24. The molecule has 7 nitrogen and oxygen atoms in total. The van der Waals surface area contributed by atoms with E-state index in [1.807, 2.05) is 24.3 Å². The van der Waals surface area contributed by atoms with Crippen molar-refractivity contribution in [2.45, 2.75) is 29.1 Å². The topological polar surface area (TPSA) is 78.5 Å². The summed E-state index contributed by atoms with van der Waals surface area (Å²) in [6, 6.07) is 7.92. The van der Waals surface area contributed by atoms with Crippen molar-refractivity contribution in [3.63, 3.8) is 0 Å². The van der Waals surface area contributed by atoms with Gasteiger partial charge >= 0.3 is 0 Å². The first kappa shape index (κ1) is 14.6. The summed E-state index contributed by atoms with van der Waals surface area (Å²) in [5.41, 5.74) is 0.726. The van der Waals surface area contributed by atoms with E-state index in [0.29, 0.717) is 16.2 Å². The molecule has 0 amide bonds. The van der Waals surface area contributed by atoms with E-state index in [0.717, 1.165) is 23.0 Å². The number of benzene rings is 1. The highest BCUT2D eigenvalue weighted by Gasteiger charge is 2.25. The van der Waals surface area contributed by atoms with Crippen LogP contribution in [0.1, 0.15) is 18.9 Å². The van der Waals surface area contributed by atoms with Crippen LogP contribution in [0, 0.1) is 0 Å². The van der Waals surface area contributed by atoms with Gasteiger partial charge in [-0.25, -0.2) is 4.98 Å². The normalized spacial score (nSPS) is 14.1. The van der Waals surface area contributed by atoms with E-state index in [4.69, 9.17) is 0 Å². The highest BCUT2D eigenvalue weighted by Crippen LogP contribution is 2.33. The van der Waals surface area contributed by atoms with Crippen LogP contribution in [-0.4, -0.2) is 29.8 Å². The lowest BCUT2D eigenvalue weighted by atomic mass is 10.3. The summed E-state index contributed by atoms with van der Waals surface area (Å²) >= 11 is 4.57. The van der Waals surface area contributed by atoms with E-state index < -0.39 is 0 Å². The van der Waals surface area contributed by atoms with E-state index >= 15 is 0 Å². The van der Waals surface area contributed by atoms with E-state index in [1.54, 1.807) is 21.6 Å². The van der Waals surface area contributed by atoms with Crippen LogP contribution in [0.15, 0.2) is 56.1 Å². The predicted molar refractivity (Wildman–Crippen MR) is 87.7 cm³/mol. The Kier molecular flexibility index (Phi) is 3.74. The molecule has 0 spiro atoms. The quantitative estimate of drug-likeness (QED) is 0.680. The summed E-state index contributed by atoms with van der Waals surface area (Å²) in [7, 11) is 0. The lowest BCUT2D eigenvalue weighted by Gasteiger charge is -2.06. The summed E-state index contributed by atoms with van der Waals surface area (Å²) in [4.78, 5) is 16.7. The molecule has 4 rings (SSSR count). The van der Waals surface area contributed by atoms with E-state index in [1.165, 1.54) is 11.8 Å². The SMILES string of the molecule is O=c1c(Sc2nnnn2-c2ccc(Br)cc2)nccn1C1CC1. The van der Waals surface area contributed by atoms with Crippen molar-refractivity contribution in [2.75, 3.05) is 0 Å². The summed E-state index contributed by atoms with van der Waals surface area (Å²) in [6.45, 7) is 0. The number of halogens is 1. The lowest BCUT2D eigenvalue weighted by Crippen LogP contribution is -2.21. The maximum atomic E-state index is 12.5. The molecule has 2 aromatic heterocycles. The highest BCUT2D eigenvalue weighted by molar-refractivity contribution is 9.10. The van der Waals surface area contributed by atoms with Gasteiger partial charge < -0.3 is 4.57 Å². The molecule has 1 fully saturated rings. The van der Waals surface area contributed by atoms with Gasteiger partial charge in [0.2, 0.25) is 5.16 Å². The van der Waals surface area contributed by atoms with Crippen LogP contribution in [0.25, 0.3) is 5.69 Å². The molecule has 1 saturated carbocycles. The first-order chi connectivity index (χ1) is 11.2. The molecule has 0 saturated heterocycles. The molecule has 0 atom stereocenters. The van der Waals surface area contributed by atoms with Gasteiger partial charge in [-0.15, -0.1) is 5.10 Å². The van der Waals surface area contributed by atoms with Crippen molar-refractivity contribution in [3.8, 4) is 5.69 Å². The molecular formula is C14H11BrN6OS. The molecule has 0 unspecified atom stereocenters. The van der Waals surface area contributed by atoms with Crippen molar-refractivity contribution in [1.29, 1.82) is 0 Å². The number of tetrazole rings is 1. The molecule has 116 valence electrons. The third-order valence-electron chi connectivity index (χ3n) is 3.48. The van der Waals surface area contributed by atoms with Crippen LogP contribution < -0.4 is 5.56 Å². The lowest BCUT2D eigenvalue weighted by molar-refractivity contribution is 0.673. The fraction of sp³-hybridized carbons (Fsp3) is 0.214. The summed E-state index contributed by atoms with van der Waals surface area (Å²) in [5, 5.41) is 12.6. The first-order valence-corrected chi connectivity index (χ1v) is 8.62. The first-order valence-electron chi connectivity index (χ1n) is 7.02. The number of aromatic nitrogens is 6. The largest absolute Gasteiger partial charge is 0.309 e. The van der Waals surface area contributed by atoms with Crippen LogP contribution in [0.5, 0.6) is 0 Å². The zero-order valence-electron chi connectivity index (χ0n) is 11.8. The Balaban J connectivity index is 1.68. The van der Waals surface area contributed by atoms with Gasteiger partial charge in [0.1, 0.15) is 0 Å². The second kappa shape index (κ2) is 5.89. The smallest absolute Gasteiger partial charge is 0.283 e. The Morgan fingerprint density at radius 3 is 2.74 bits per heavy atom. The number of nitrogens with zero attached hydrogens (tertiary/aromatic N) is 6. The summed E-state index contributed by atoms with van der Waals surface area (Å²) < 4.78 is 4.30. The molecule has 2 heterocycles. The third-order valence-corrected chi connectivity index (χ3v) is 4.92. The minimum atomic E-state index is -0.0923. The van der Waals surface area contributed by atoms with Crippen LogP contribution in [-0.2, 0) is 0 Å². The Labute approximate surface area is 143 Å². The van der Waals surface area contributed by atoms with Crippen LogP contribution >= 0.6 is 27.7 Å². The molecule has 0 N–H and O–H groups in total. The van der Waals surface area contributed by atoms with Crippen molar-refractivity contribution < 1.29 is 0 Å². The van der Waals surface area contributed by atoms with E-state index in [-0.39, 0.29) is 5.56 Å². The van der Waals surface area contributed by atoms with Crippen molar-refractivity contribution >= 4 is 27.7 Å². The van der Waals surface area contributed by atoms with Gasteiger partial charge in [0.05, 0.1) is 5.69 Å². The Morgan fingerprint density at radius 1 is 1.22 bits per heavy atom.